The van der Waals surface area contributed by atoms with Gasteiger partial charge in [0.2, 0.25) is 11.8 Å². The molecule has 20 heavy (non-hydrogen) atoms. The Morgan fingerprint density at radius 2 is 1.80 bits per heavy atom. The van der Waals surface area contributed by atoms with Crippen LogP contribution >= 0.6 is 0 Å². The minimum atomic E-state index is -0.733. The molecule has 3 N–H and O–H groups in total. The zero-order chi connectivity index (χ0) is 15.3. The summed E-state index contributed by atoms with van der Waals surface area (Å²) in [5, 5.41) is 20.9. The zero-order valence-corrected chi connectivity index (χ0v) is 11.5. The van der Waals surface area contributed by atoms with Crippen LogP contribution in [0.3, 0.4) is 0 Å². The van der Waals surface area contributed by atoms with Gasteiger partial charge in [0.1, 0.15) is 5.60 Å². The molecule has 1 amide bonds. The third-order valence-corrected chi connectivity index (χ3v) is 1.99. The first-order chi connectivity index (χ1) is 9.19. The van der Waals surface area contributed by atoms with E-state index in [9.17, 15) is 19.8 Å². The Kier molecular flexibility index (Phi) is 4.84. The fourth-order valence-corrected chi connectivity index (χ4v) is 1.22. The fourth-order valence-electron chi connectivity index (χ4n) is 1.22. The molecule has 8 heteroatoms. The average molecular weight is 286 g/mol. The zero-order valence-electron chi connectivity index (χ0n) is 11.5. The van der Waals surface area contributed by atoms with E-state index < -0.39 is 29.4 Å². The van der Waals surface area contributed by atoms with Crippen LogP contribution in [0.1, 0.15) is 27.2 Å². The first-order valence-electron chi connectivity index (χ1n) is 5.97. The number of ether oxygens (including phenoxy) is 1. The van der Waals surface area contributed by atoms with E-state index in [0.717, 1.165) is 0 Å². The largest absolute Gasteiger partial charge is 0.492 e. The van der Waals surface area contributed by atoms with E-state index in [0.29, 0.717) is 4.73 Å². The summed E-state index contributed by atoms with van der Waals surface area (Å²) < 4.78 is 5.56. The van der Waals surface area contributed by atoms with Gasteiger partial charge in [-0.15, -0.1) is 4.73 Å². The molecule has 0 bridgehead atoms. The van der Waals surface area contributed by atoms with Gasteiger partial charge in [-0.05, 0) is 20.8 Å². The van der Waals surface area contributed by atoms with Crippen LogP contribution in [0.4, 0.5) is 4.79 Å². The number of amides is 1. The summed E-state index contributed by atoms with van der Waals surface area (Å²) in [7, 11) is 0. The number of nitrogens with one attached hydrogen (secondary N) is 1. The van der Waals surface area contributed by atoms with Crippen molar-refractivity contribution in [3.63, 3.8) is 0 Å². The number of aromatic nitrogens is 1. The molecule has 0 aliphatic heterocycles. The summed E-state index contributed by atoms with van der Waals surface area (Å²) in [6.07, 6.45) is -0.784. The van der Waals surface area contributed by atoms with E-state index in [1.165, 1.54) is 12.1 Å². The highest BCUT2D eigenvalue weighted by atomic mass is 16.7. The van der Waals surface area contributed by atoms with Crippen LogP contribution in [0.5, 0.6) is 11.8 Å². The van der Waals surface area contributed by atoms with Gasteiger partial charge in [-0.1, -0.05) is 0 Å². The minimum absolute atomic E-state index is 0.0105. The quantitative estimate of drug-likeness (QED) is 0.754. The molecule has 0 radical (unpaired) electrons. The van der Waals surface area contributed by atoms with Crippen molar-refractivity contribution in [1.82, 2.24) is 10.0 Å². The molecule has 1 heterocycles. The maximum absolute atomic E-state index is 11.4. The molecule has 0 aromatic carbocycles. The van der Waals surface area contributed by atoms with E-state index in [4.69, 9.17) is 4.74 Å². The molecule has 0 aliphatic rings. The molecule has 8 nitrogen and oxygen atoms in total. The van der Waals surface area contributed by atoms with Gasteiger partial charge in [-0.2, -0.15) is 0 Å². The van der Waals surface area contributed by atoms with Crippen molar-refractivity contribution < 1.29 is 29.4 Å². The SMILES string of the molecule is CC(C)(C)OC(=O)NCCC(=O)On1c(O)ccc1O. The smallest absolute Gasteiger partial charge is 0.407 e. The lowest BCUT2D eigenvalue weighted by Gasteiger charge is -2.19. The van der Waals surface area contributed by atoms with Gasteiger partial charge in [0.05, 0.1) is 6.42 Å². The first-order valence-corrected chi connectivity index (χ1v) is 5.97. The normalized spacial score (nSPS) is 10.9. The lowest BCUT2D eigenvalue weighted by molar-refractivity contribution is -0.145. The average Bonchev–Trinajstić information content (AvgIpc) is 2.58. The second kappa shape index (κ2) is 6.18. The third kappa shape index (κ3) is 5.09. The molecule has 1 aromatic rings. The molecule has 0 unspecified atom stereocenters. The van der Waals surface area contributed by atoms with E-state index in [1.54, 1.807) is 20.8 Å². The van der Waals surface area contributed by atoms with Gasteiger partial charge in [0.15, 0.2) is 0 Å². The van der Waals surface area contributed by atoms with Crippen LogP contribution in [0, 0.1) is 0 Å². The standard InChI is InChI=1S/C12H18N2O6/c1-12(2,3)19-11(18)13-7-6-10(17)20-14-8(15)4-5-9(14)16/h4-5,15-16H,6-7H2,1-3H3,(H,13,18). The summed E-state index contributed by atoms with van der Waals surface area (Å²) >= 11 is 0. The number of nitrogens with zero attached hydrogens (tertiary/aromatic N) is 1. The molecule has 1 aromatic heterocycles. The number of rotatable bonds is 4. The Hall–Kier alpha value is -2.38. The van der Waals surface area contributed by atoms with Crippen LogP contribution in [0.15, 0.2) is 12.1 Å². The Bertz CT molecular complexity index is 469. The Morgan fingerprint density at radius 1 is 1.25 bits per heavy atom. The maximum Gasteiger partial charge on any atom is 0.407 e. The lowest BCUT2D eigenvalue weighted by Crippen LogP contribution is -2.34. The van der Waals surface area contributed by atoms with Crippen molar-refractivity contribution >= 4 is 12.1 Å². The monoisotopic (exact) mass is 286 g/mol. The van der Waals surface area contributed by atoms with Gasteiger partial charge >= 0.3 is 12.1 Å². The highest BCUT2D eigenvalue weighted by Gasteiger charge is 2.16. The van der Waals surface area contributed by atoms with E-state index in [2.05, 4.69) is 10.2 Å². The lowest BCUT2D eigenvalue weighted by atomic mass is 10.2. The number of carbonyl (C=O) groups is 2. The highest BCUT2D eigenvalue weighted by Crippen LogP contribution is 2.18. The van der Waals surface area contributed by atoms with Crippen molar-refractivity contribution in [2.45, 2.75) is 32.8 Å². The number of aromatic hydroxyl groups is 2. The van der Waals surface area contributed by atoms with E-state index >= 15 is 0 Å². The molecule has 112 valence electrons. The number of alkyl carbamates (subject to hydrolysis) is 1. The van der Waals surface area contributed by atoms with Crippen molar-refractivity contribution in [3.05, 3.63) is 12.1 Å². The summed E-state index contributed by atoms with van der Waals surface area (Å²) in [4.78, 5) is 27.4. The predicted octanol–water partition coefficient (Wildman–Crippen LogP) is 0.769. The number of hydrogen-bond acceptors (Lipinski definition) is 6. The topological polar surface area (TPSA) is 110 Å². The van der Waals surface area contributed by atoms with Crippen molar-refractivity contribution in [1.29, 1.82) is 0 Å². The third-order valence-electron chi connectivity index (χ3n) is 1.99. The molecule has 0 saturated heterocycles. The first kappa shape index (κ1) is 15.7. The van der Waals surface area contributed by atoms with E-state index in [-0.39, 0.29) is 13.0 Å². The van der Waals surface area contributed by atoms with Gasteiger partial charge in [-0.25, -0.2) is 9.59 Å². The molecule has 0 saturated carbocycles. The molecule has 0 atom stereocenters. The fraction of sp³-hybridized carbons (Fsp3) is 0.500. The summed E-state index contributed by atoms with van der Waals surface area (Å²) in [6, 6.07) is 2.34. The molecular formula is C12H18N2O6. The predicted molar refractivity (Wildman–Crippen MR) is 68.2 cm³/mol. The Balaban J connectivity index is 2.33. The summed E-state index contributed by atoms with van der Waals surface area (Å²) in [5.41, 5.74) is -0.618. The van der Waals surface area contributed by atoms with Crippen LogP contribution in [-0.2, 0) is 9.53 Å². The molecule has 0 fully saturated rings. The van der Waals surface area contributed by atoms with Gasteiger partial charge in [0.25, 0.3) is 0 Å². The minimum Gasteiger partial charge on any atom is -0.492 e. The summed E-state index contributed by atoms with van der Waals surface area (Å²) in [6.45, 7) is 5.17. The van der Waals surface area contributed by atoms with Crippen molar-refractivity contribution in [2.75, 3.05) is 6.54 Å². The van der Waals surface area contributed by atoms with Crippen molar-refractivity contribution in [3.8, 4) is 11.8 Å². The maximum atomic E-state index is 11.4. The van der Waals surface area contributed by atoms with Gasteiger partial charge < -0.3 is 25.1 Å². The second-order valence-corrected chi connectivity index (χ2v) is 4.99. The number of carbonyl (C=O) groups excluding carboxylic acids is 2. The van der Waals surface area contributed by atoms with E-state index in [1.807, 2.05) is 0 Å². The van der Waals surface area contributed by atoms with Gasteiger partial charge in [-0.3, -0.25) is 0 Å². The Morgan fingerprint density at radius 3 is 2.30 bits per heavy atom. The molecule has 0 aliphatic carbocycles. The molecule has 1 rings (SSSR count). The van der Waals surface area contributed by atoms with Gasteiger partial charge in [0, 0.05) is 18.7 Å². The molecular weight excluding hydrogens is 268 g/mol. The van der Waals surface area contributed by atoms with Crippen LogP contribution in [-0.4, -0.2) is 39.2 Å². The van der Waals surface area contributed by atoms with Crippen LogP contribution in [0.25, 0.3) is 0 Å². The number of hydrogen-bond donors (Lipinski definition) is 3. The van der Waals surface area contributed by atoms with Crippen molar-refractivity contribution in [2.24, 2.45) is 0 Å². The van der Waals surface area contributed by atoms with Crippen LogP contribution in [0.2, 0.25) is 0 Å². The summed E-state index contributed by atoms with van der Waals surface area (Å²) in [5.74, 6) is -1.55. The van der Waals surface area contributed by atoms with Crippen LogP contribution < -0.4 is 10.2 Å². The molecule has 0 spiro atoms. The second-order valence-electron chi connectivity index (χ2n) is 4.99. The highest BCUT2D eigenvalue weighted by molar-refractivity contribution is 5.72. The Labute approximate surface area is 115 Å².